The highest BCUT2D eigenvalue weighted by atomic mass is 16.5. The number of ether oxygens (including phenoxy) is 1. The molecule has 0 unspecified atom stereocenters. The van der Waals surface area contributed by atoms with E-state index in [9.17, 15) is 4.79 Å². The van der Waals surface area contributed by atoms with E-state index in [1.807, 2.05) is 42.6 Å². The van der Waals surface area contributed by atoms with Gasteiger partial charge in [0, 0.05) is 36.6 Å². The number of hydrogen-bond acceptors (Lipinski definition) is 3. The van der Waals surface area contributed by atoms with E-state index in [0.29, 0.717) is 17.2 Å². The molecule has 1 aromatic carbocycles. The van der Waals surface area contributed by atoms with Gasteiger partial charge in [-0.05, 0) is 62.2 Å². The summed E-state index contributed by atoms with van der Waals surface area (Å²) < 4.78 is 7.45. The molecule has 0 radical (unpaired) electrons. The largest absolute Gasteiger partial charge is 0.408 e. The maximum Gasteiger partial charge on any atom is 0.253 e. The van der Waals surface area contributed by atoms with Gasteiger partial charge < -0.3 is 19.4 Å². The molecule has 1 amide bonds. The van der Waals surface area contributed by atoms with E-state index in [1.165, 1.54) is 25.9 Å². The van der Waals surface area contributed by atoms with Crippen molar-refractivity contribution in [3.05, 3.63) is 48.2 Å². The maximum absolute atomic E-state index is 12.9. The third-order valence-electron chi connectivity index (χ3n) is 6.05. The Balaban J connectivity index is 1.43. The zero-order valence-corrected chi connectivity index (χ0v) is 15.9. The normalized spacial score (nSPS) is 23.4. The number of amides is 1. The molecule has 3 aliphatic rings. The van der Waals surface area contributed by atoms with Crippen LogP contribution in [0.5, 0.6) is 5.75 Å². The first-order chi connectivity index (χ1) is 13.7. The molecular weight excluding hydrogens is 350 g/mol. The number of aromatic nitrogens is 1. The smallest absolute Gasteiger partial charge is 0.253 e. The summed E-state index contributed by atoms with van der Waals surface area (Å²) in [7, 11) is 0. The van der Waals surface area contributed by atoms with Crippen LogP contribution in [0.1, 0.15) is 30.1 Å². The molecule has 0 spiro atoms. The van der Waals surface area contributed by atoms with Crippen LogP contribution in [0.25, 0.3) is 16.4 Å². The van der Waals surface area contributed by atoms with Gasteiger partial charge in [0.2, 0.25) is 0 Å². The molecule has 0 aliphatic carbocycles. The molecular formula is C23H23N3O2. The quantitative estimate of drug-likeness (QED) is 0.717. The number of hydrogen-bond donors (Lipinski definition) is 1. The van der Waals surface area contributed by atoms with Crippen LogP contribution in [0.3, 0.4) is 0 Å². The number of pyridine rings is 1. The van der Waals surface area contributed by atoms with Gasteiger partial charge in [-0.2, -0.15) is 0 Å². The van der Waals surface area contributed by atoms with Crippen molar-refractivity contribution in [1.82, 2.24) is 14.6 Å². The number of nitrogens with zero attached hydrogens (tertiary/aromatic N) is 2. The highest BCUT2D eigenvalue weighted by Crippen LogP contribution is 2.28. The minimum absolute atomic E-state index is 0.0220. The van der Waals surface area contributed by atoms with Crippen molar-refractivity contribution in [2.75, 3.05) is 19.6 Å². The van der Waals surface area contributed by atoms with E-state index >= 15 is 0 Å². The Morgan fingerprint density at radius 3 is 2.79 bits per heavy atom. The Labute approximate surface area is 164 Å². The standard InChI is InChI=1S/C23H23N3O2/c1-2-11-28-20-5-6-22-17(13-20)3-4-19-12-18(14-26(19)22)23(27)24-21-15-25-9-7-16(21)8-10-25/h3-6,12-14,16,21H,7-10,15H2,1H3,(H,24,27)/t21-/m0/s1. The Morgan fingerprint density at radius 2 is 2.04 bits per heavy atom. The summed E-state index contributed by atoms with van der Waals surface area (Å²) in [5, 5.41) is 4.32. The molecule has 5 heterocycles. The first kappa shape index (κ1) is 17.2. The van der Waals surface area contributed by atoms with E-state index in [2.05, 4.69) is 26.6 Å². The molecule has 3 saturated heterocycles. The van der Waals surface area contributed by atoms with E-state index in [-0.39, 0.29) is 11.9 Å². The summed E-state index contributed by atoms with van der Waals surface area (Å²) in [6.07, 6.45) is 6.94. The second-order valence-corrected chi connectivity index (χ2v) is 7.75. The van der Waals surface area contributed by atoms with E-state index < -0.39 is 0 Å². The number of piperidine rings is 3. The highest BCUT2D eigenvalue weighted by Gasteiger charge is 2.35. The van der Waals surface area contributed by atoms with Crippen LogP contribution in [0, 0.1) is 17.9 Å². The lowest BCUT2D eigenvalue weighted by atomic mass is 9.84. The number of nitrogens with one attached hydrogen (secondary N) is 1. The summed E-state index contributed by atoms with van der Waals surface area (Å²) in [4.78, 5) is 15.3. The monoisotopic (exact) mass is 373 g/mol. The van der Waals surface area contributed by atoms with Crippen LogP contribution >= 0.6 is 0 Å². The molecule has 5 heteroatoms. The Kier molecular flexibility index (Phi) is 4.22. The molecule has 1 atom stereocenters. The van der Waals surface area contributed by atoms with Crippen molar-refractivity contribution >= 4 is 22.3 Å². The van der Waals surface area contributed by atoms with Crippen molar-refractivity contribution in [2.24, 2.45) is 5.92 Å². The van der Waals surface area contributed by atoms with Crippen LogP contribution in [-0.4, -0.2) is 40.9 Å². The Morgan fingerprint density at radius 1 is 1.18 bits per heavy atom. The molecule has 3 fully saturated rings. The van der Waals surface area contributed by atoms with E-state index in [0.717, 1.165) is 23.0 Å². The highest BCUT2D eigenvalue weighted by molar-refractivity contribution is 5.97. The second kappa shape index (κ2) is 6.88. The van der Waals surface area contributed by atoms with Gasteiger partial charge in [0.15, 0.2) is 0 Å². The molecule has 1 N–H and O–H groups in total. The van der Waals surface area contributed by atoms with Gasteiger partial charge in [-0.15, -0.1) is 0 Å². The molecule has 5 nitrogen and oxygen atoms in total. The fourth-order valence-electron chi connectivity index (χ4n) is 4.56. The van der Waals surface area contributed by atoms with Crippen molar-refractivity contribution in [3.8, 4) is 17.8 Å². The maximum atomic E-state index is 12.9. The molecule has 2 aromatic heterocycles. The Hall–Kier alpha value is -2.97. The van der Waals surface area contributed by atoms with Gasteiger partial charge in [0.05, 0.1) is 11.1 Å². The van der Waals surface area contributed by atoms with Gasteiger partial charge in [0.25, 0.3) is 5.91 Å². The SMILES string of the molecule is CC#COc1ccc2c(ccc3cc(C(=O)N[C@H]4CN5CCC4CC5)cn32)c1. The topological polar surface area (TPSA) is 46.0 Å². The van der Waals surface area contributed by atoms with Crippen molar-refractivity contribution in [3.63, 3.8) is 0 Å². The summed E-state index contributed by atoms with van der Waals surface area (Å²) in [5.74, 6) is 4.09. The second-order valence-electron chi connectivity index (χ2n) is 7.75. The predicted molar refractivity (Wildman–Crippen MR) is 109 cm³/mol. The zero-order valence-electron chi connectivity index (χ0n) is 15.9. The first-order valence-electron chi connectivity index (χ1n) is 9.88. The fraction of sp³-hybridized carbons (Fsp3) is 0.348. The van der Waals surface area contributed by atoms with Gasteiger partial charge >= 0.3 is 0 Å². The fourth-order valence-corrected chi connectivity index (χ4v) is 4.56. The van der Waals surface area contributed by atoms with E-state index in [4.69, 9.17) is 4.74 Å². The van der Waals surface area contributed by atoms with Crippen LogP contribution < -0.4 is 10.1 Å². The summed E-state index contributed by atoms with van der Waals surface area (Å²) in [6.45, 7) is 5.08. The molecule has 2 bridgehead atoms. The summed E-state index contributed by atoms with van der Waals surface area (Å²) in [6, 6.07) is 12.2. The van der Waals surface area contributed by atoms with Crippen molar-refractivity contribution < 1.29 is 9.53 Å². The number of rotatable bonds is 3. The first-order valence-corrected chi connectivity index (χ1v) is 9.88. The summed E-state index contributed by atoms with van der Waals surface area (Å²) >= 11 is 0. The van der Waals surface area contributed by atoms with Crippen LogP contribution in [0.2, 0.25) is 0 Å². The van der Waals surface area contributed by atoms with Crippen molar-refractivity contribution in [1.29, 1.82) is 0 Å². The molecule has 28 heavy (non-hydrogen) atoms. The minimum atomic E-state index is 0.0220. The number of benzene rings is 1. The van der Waals surface area contributed by atoms with Crippen molar-refractivity contribution in [2.45, 2.75) is 25.8 Å². The molecule has 3 aromatic rings. The third kappa shape index (κ3) is 3.00. The lowest BCUT2D eigenvalue weighted by Crippen LogP contribution is -2.57. The lowest BCUT2D eigenvalue weighted by molar-refractivity contribution is 0.0620. The van der Waals surface area contributed by atoms with Crippen LogP contribution in [-0.2, 0) is 0 Å². The molecule has 3 aliphatic heterocycles. The molecule has 142 valence electrons. The average Bonchev–Trinajstić information content (AvgIpc) is 3.18. The van der Waals surface area contributed by atoms with Gasteiger partial charge in [-0.3, -0.25) is 4.79 Å². The predicted octanol–water partition coefficient (Wildman–Crippen LogP) is 3.28. The Bertz CT molecular complexity index is 1110. The number of carbonyl (C=O) groups excluding carboxylic acids is 1. The zero-order chi connectivity index (χ0) is 19.1. The molecule has 6 rings (SSSR count). The van der Waals surface area contributed by atoms with Gasteiger partial charge in [-0.1, -0.05) is 12.0 Å². The molecule has 0 saturated carbocycles. The van der Waals surface area contributed by atoms with Gasteiger partial charge in [-0.25, -0.2) is 0 Å². The average molecular weight is 373 g/mol. The lowest BCUT2D eigenvalue weighted by Gasteiger charge is -2.44. The van der Waals surface area contributed by atoms with Crippen LogP contribution in [0.15, 0.2) is 42.6 Å². The number of carbonyl (C=O) groups is 1. The minimum Gasteiger partial charge on any atom is -0.408 e. The third-order valence-corrected chi connectivity index (χ3v) is 6.05. The van der Waals surface area contributed by atoms with E-state index in [1.54, 1.807) is 6.92 Å². The summed E-state index contributed by atoms with van der Waals surface area (Å²) in [5.41, 5.74) is 2.76. The van der Waals surface area contributed by atoms with Crippen LogP contribution in [0.4, 0.5) is 0 Å². The number of fused-ring (bicyclic) bond motifs is 6. The van der Waals surface area contributed by atoms with Gasteiger partial charge in [0.1, 0.15) is 11.9 Å².